The van der Waals surface area contributed by atoms with E-state index in [1.807, 2.05) is 0 Å². The van der Waals surface area contributed by atoms with Crippen molar-refractivity contribution in [3.8, 4) is 0 Å². The second kappa shape index (κ2) is 3.53. The molecule has 1 aromatic carbocycles. The van der Waals surface area contributed by atoms with Crippen LogP contribution in [0.15, 0.2) is 18.2 Å². The molecule has 0 radical (unpaired) electrons. The molecule has 1 saturated heterocycles. The molecule has 2 nitrogen and oxygen atoms in total. The summed E-state index contributed by atoms with van der Waals surface area (Å²) in [6.07, 6.45) is 5.24. The molecule has 2 N–H and O–H groups in total. The van der Waals surface area contributed by atoms with E-state index in [1.165, 1.54) is 49.9 Å². The molecule has 15 heavy (non-hydrogen) atoms. The van der Waals surface area contributed by atoms with Crippen molar-refractivity contribution in [3.05, 3.63) is 29.3 Å². The van der Waals surface area contributed by atoms with Gasteiger partial charge in [-0.3, -0.25) is 4.90 Å². The first-order chi connectivity index (χ1) is 7.34. The highest BCUT2D eigenvalue weighted by Crippen LogP contribution is 2.37. The number of rotatable bonds is 1. The van der Waals surface area contributed by atoms with Crippen molar-refractivity contribution in [1.29, 1.82) is 0 Å². The Kier molecular flexibility index (Phi) is 2.17. The third-order valence-electron chi connectivity index (χ3n) is 3.78. The minimum atomic E-state index is 0.683. The molecule has 80 valence electrons. The Balaban J connectivity index is 1.95. The van der Waals surface area contributed by atoms with Gasteiger partial charge in [-0.25, -0.2) is 0 Å². The van der Waals surface area contributed by atoms with Crippen LogP contribution in [0.4, 0.5) is 5.69 Å². The Hall–Kier alpha value is -1.02. The number of hydrogen-bond acceptors (Lipinski definition) is 2. The Morgan fingerprint density at radius 2 is 2.07 bits per heavy atom. The van der Waals surface area contributed by atoms with Gasteiger partial charge in [-0.15, -0.1) is 0 Å². The van der Waals surface area contributed by atoms with Crippen molar-refractivity contribution in [2.75, 3.05) is 18.8 Å². The molecule has 1 heterocycles. The molecular weight excluding hydrogens is 184 g/mol. The van der Waals surface area contributed by atoms with E-state index in [2.05, 4.69) is 23.1 Å². The van der Waals surface area contributed by atoms with Crippen molar-refractivity contribution >= 4 is 5.69 Å². The van der Waals surface area contributed by atoms with E-state index < -0.39 is 0 Å². The number of nitrogens with zero attached hydrogens (tertiary/aromatic N) is 1. The topological polar surface area (TPSA) is 29.3 Å². The zero-order valence-corrected chi connectivity index (χ0v) is 9.08. The minimum absolute atomic E-state index is 0.683. The third kappa shape index (κ3) is 1.53. The molecule has 1 unspecified atom stereocenters. The van der Waals surface area contributed by atoms with Gasteiger partial charge in [-0.05, 0) is 62.0 Å². The van der Waals surface area contributed by atoms with Crippen molar-refractivity contribution in [2.24, 2.45) is 0 Å². The van der Waals surface area contributed by atoms with Crippen LogP contribution in [0.25, 0.3) is 0 Å². The average molecular weight is 202 g/mol. The second-order valence-corrected chi connectivity index (χ2v) is 4.76. The van der Waals surface area contributed by atoms with Crippen molar-refractivity contribution in [1.82, 2.24) is 4.90 Å². The molecule has 2 aliphatic rings. The number of aryl methyl sites for hydroxylation is 1. The maximum absolute atomic E-state index is 5.84. The van der Waals surface area contributed by atoms with Gasteiger partial charge in [0.15, 0.2) is 0 Å². The predicted octanol–water partition coefficient (Wildman–Crippen LogP) is 2.35. The SMILES string of the molecule is Nc1ccc2c(c1)CCCC2N1CCC1. The lowest BCUT2D eigenvalue weighted by Crippen LogP contribution is -2.41. The molecule has 3 rings (SSSR count). The summed E-state index contributed by atoms with van der Waals surface area (Å²) in [6, 6.07) is 7.15. The molecule has 1 atom stereocenters. The molecule has 1 aliphatic heterocycles. The summed E-state index contributed by atoms with van der Waals surface area (Å²) < 4.78 is 0. The number of nitrogens with two attached hydrogens (primary N) is 1. The van der Waals surface area contributed by atoms with E-state index in [0.717, 1.165) is 5.69 Å². The summed E-state index contributed by atoms with van der Waals surface area (Å²) in [5.41, 5.74) is 9.77. The fourth-order valence-corrected chi connectivity index (χ4v) is 2.84. The zero-order valence-electron chi connectivity index (χ0n) is 9.08. The van der Waals surface area contributed by atoms with E-state index in [-0.39, 0.29) is 0 Å². The highest BCUT2D eigenvalue weighted by Gasteiger charge is 2.28. The van der Waals surface area contributed by atoms with E-state index in [4.69, 9.17) is 5.73 Å². The Bertz CT molecular complexity index is 369. The summed E-state index contributed by atoms with van der Waals surface area (Å²) in [5.74, 6) is 0. The monoisotopic (exact) mass is 202 g/mol. The molecule has 0 aromatic heterocycles. The molecule has 1 aromatic rings. The van der Waals surface area contributed by atoms with E-state index in [1.54, 1.807) is 0 Å². The van der Waals surface area contributed by atoms with Gasteiger partial charge in [-0.1, -0.05) is 6.07 Å². The predicted molar refractivity (Wildman–Crippen MR) is 62.7 cm³/mol. The van der Waals surface area contributed by atoms with Gasteiger partial charge < -0.3 is 5.73 Å². The average Bonchev–Trinajstić information content (AvgIpc) is 2.15. The van der Waals surface area contributed by atoms with Crippen molar-refractivity contribution in [3.63, 3.8) is 0 Å². The van der Waals surface area contributed by atoms with Gasteiger partial charge in [-0.2, -0.15) is 0 Å². The molecule has 2 heteroatoms. The quantitative estimate of drug-likeness (QED) is 0.708. The molecule has 0 spiro atoms. The fraction of sp³-hybridized carbons (Fsp3) is 0.538. The largest absolute Gasteiger partial charge is 0.399 e. The lowest BCUT2D eigenvalue weighted by molar-refractivity contribution is 0.105. The number of fused-ring (bicyclic) bond motifs is 1. The van der Waals surface area contributed by atoms with Crippen LogP contribution in [0.1, 0.15) is 36.4 Å². The van der Waals surface area contributed by atoms with Gasteiger partial charge in [0.1, 0.15) is 0 Å². The summed E-state index contributed by atoms with van der Waals surface area (Å²) in [6.45, 7) is 2.57. The summed E-state index contributed by atoms with van der Waals surface area (Å²) in [4.78, 5) is 2.61. The maximum atomic E-state index is 5.84. The van der Waals surface area contributed by atoms with Crippen LogP contribution in [-0.2, 0) is 6.42 Å². The van der Waals surface area contributed by atoms with Gasteiger partial charge in [0.2, 0.25) is 0 Å². The number of likely N-dealkylation sites (tertiary alicyclic amines) is 1. The molecular formula is C13H18N2. The number of nitrogen functional groups attached to an aromatic ring is 1. The smallest absolute Gasteiger partial charge is 0.0351 e. The minimum Gasteiger partial charge on any atom is -0.399 e. The van der Waals surface area contributed by atoms with E-state index in [0.29, 0.717) is 6.04 Å². The first-order valence-electron chi connectivity index (χ1n) is 5.97. The molecule has 0 saturated carbocycles. The molecule has 1 fully saturated rings. The fourth-order valence-electron chi connectivity index (χ4n) is 2.84. The highest BCUT2D eigenvalue weighted by molar-refractivity contribution is 5.46. The lowest BCUT2D eigenvalue weighted by Gasteiger charge is -2.41. The summed E-state index contributed by atoms with van der Waals surface area (Å²) in [5, 5.41) is 0. The maximum Gasteiger partial charge on any atom is 0.0351 e. The molecule has 1 aliphatic carbocycles. The summed E-state index contributed by atoms with van der Waals surface area (Å²) >= 11 is 0. The highest BCUT2D eigenvalue weighted by atomic mass is 15.2. The number of hydrogen-bond donors (Lipinski definition) is 1. The van der Waals surface area contributed by atoms with Crippen LogP contribution >= 0.6 is 0 Å². The standard InChI is InChI=1S/C13H18N2/c14-11-5-6-12-10(9-11)3-1-4-13(12)15-7-2-8-15/h5-6,9,13H,1-4,7-8,14H2. The Morgan fingerprint density at radius 1 is 1.20 bits per heavy atom. The van der Waals surface area contributed by atoms with Crippen LogP contribution in [0.2, 0.25) is 0 Å². The van der Waals surface area contributed by atoms with Crippen LogP contribution < -0.4 is 5.73 Å². The van der Waals surface area contributed by atoms with Crippen LogP contribution in [0, 0.1) is 0 Å². The van der Waals surface area contributed by atoms with Crippen molar-refractivity contribution < 1.29 is 0 Å². The van der Waals surface area contributed by atoms with Crippen LogP contribution in [0.5, 0.6) is 0 Å². The van der Waals surface area contributed by atoms with Crippen molar-refractivity contribution in [2.45, 2.75) is 31.7 Å². The molecule has 0 bridgehead atoms. The van der Waals surface area contributed by atoms with E-state index >= 15 is 0 Å². The zero-order chi connectivity index (χ0) is 10.3. The van der Waals surface area contributed by atoms with Gasteiger partial charge in [0.05, 0.1) is 0 Å². The second-order valence-electron chi connectivity index (χ2n) is 4.76. The van der Waals surface area contributed by atoms with Gasteiger partial charge in [0, 0.05) is 11.7 Å². The Morgan fingerprint density at radius 3 is 2.80 bits per heavy atom. The van der Waals surface area contributed by atoms with Crippen LogP contribution in [-0.4, -0.2) is 18.0 Å². The number of anilines is 1. The first-order valence-corrected chi connectivity index (χ1v) is 5.97. The third-order valence-corrected chi connectivity index (χ3v) is 3.78. The van der Waals surface area contributed by atoms with E-state index in [9.17, 15) is 0 Å². The van der Waals surface area contributed by atoms with Gasteiger partial charge >= 0.3 is 0 Å². The summed E-state index contributed by atoms with van der Waals surface area (Å²) in [7, 11) is 0. The Labute approximate surface area is 91.1 Å². The first kappa shape index (κ1) is 9.22. The lowest BCUT2D eigenvalue weighted by atomic mass is 9.85. The molecule has 0 amide bonds. The number of benzene rings is 1. The van der Waals surface area contributed by atoms with Crippen LogP contribution in [0.3, 0.4) is 0 Å². The normalized spacial score (nSPS) is 25.7. The van der Waals surface area contributed by atoms with Gasteiger partial charge in [0.25, 0.3) is 0 Å².